The van der Waals surface area contributed by atoms with Gasteiger partial charge in [0.25, 0.3) is 6.43 Å². The Morgan fingerprint density at radius 3 is 2.60 bits per heavy atom. The van der Waals surface area contributed by atoms with Crippen LogP contribution in [0.15, 0.2) is 42.6 Å². The van der Waals surface area contributed by atoms with Crippen LogP contribution in [0.4, 0.5) is 24.5 Å². The van der Waals surface area contributed by atoms with E-state index in [1.165, 1.54) is 12.1 Å². The van der Waals surface area contributed by atoms with Crippen molar-refractivity contribution in [3.05, 3.63) is 59.5 Å². The lowest BCUT2D eigenvalue weighted by Gasteiger charge is -2.48. The summed E-state index contributed by atoms with van der Waals surface area (Å²) in [5, 5.41) is 12.3. The summed E-state index contributed by atoms with van der Waals surface area (Å²) in [5.41, 5.74) is 2.04. The summed E-state index contributed by atoms with van der Waals surface area (Å²) >= 11 is 0. The summed E-state index contributed by atoms with van der Waals surface area (Å²) in [6.07, 6.45) is 0.413. The molecule has 30 heavy (non-hydrogen) atoms. The van der Waals surface area contributed by atoms with Gasteiger partial charge in [-0.2, -0.15) is 10.2 Å². The van der Waals surface area contributed by atoms with Gasteiger partial charge in [0.2, 0.25) is 0 Å². The van der Waals surface area contributed by atoms with Gasteiger partial charge in [-0.3, -0.25) is 0 Å². The largest absolute Gasteiger partial charge is 0.377 e. The maximum atomic E-state index is 14.6. The average Bonchev–Trinajstić information content (AvgIpc) is 2.73. The molecule has 6 rings (SSSR count). The van der Waals surface area contributed by atoms with Gasteiger partial charge in [0.15, 0.2) is 0 Å². The second kappa shape index (κ2) is 7.43. The molecule has 4 heterocycles. The fourth-order valence-electron chi connectivity index (χ4n) is 4.31. The number of nitrogens with zero attached hydrogens (tertiary/aromatic N) is 3. The van der Waals surface area contributed by atoms with E-state index in [-0.39, 0.29) is 17.8 Å². The highest BCUT2D eigenvalue weighted by Gasteiger charge is 2.38. The van der Waals surface area contributed by atoms with Crippen LogP contribution in [0.25, 0.3) is 10.9 Å². The number of morpholine rings is 1. The summed E-state index contributed by atoms with van der Waals surface area (Å²) in [7, 11) is 0. The number of piperidine rings is 1. The van der Waals surface area contributed by atoms with Crippen LogP contribution < -0.4 is 10.2 Å². The number of rotatable bonds is 5. The van der Waals surface area contributed by atoms with Gasteiger partial charge < -0.3 is 15.0 Å². The third kappa shape index (κ3) is 3.35. The minimum Gasteiger partial charge on any atom is -0.377 e. The van der Waals surface area contributed by atoms with E-state index in [0.717, 1.165) is 36.7 Å². The molecule has 2 aromatic carbocycles. The fourth-order valence-corrected chi connectivity index (χ4v) is 4.31. The smallest absolute Gasteiger partial charge is 0.266 e. The lowest BCUT2D eigenvalue weighted by Crippen LogP contribution is -2.57. The Bertz CT molecular complexity index is 1080. The predicted molar refractivity (Wildman–Crippen MR) is 108 cm³/mol. The fraction of sp³-hybridized carbons (Fsp3) is 0.364. The number of anilines is 2. The number of nitrogens with one attached hydrogen (secondary N) is 1. The molecule has 0 spiro atoms. The van der Waals surface area contributed by atoms with Crippen molar-refractivity contribution in [3.63, 3.8) is 0 Å². The van der Waals surface area contributed by atoms with Gasteiger partial charge in [-0.1, -0.05) is 18.2 Å². The summed E-state index contributed by atoms with van der Waals surface area (Å²) in [5.74, 6) is -0.882. The lowest BCUT2D eigenvalue weighted by atomic mass is 9.98. The molecule has 2 unspecified atom stereocenters. The SMILES string of the molecule is C[C@@H](Nc1cnnc2ccc(N3CC4CC(C3)O4)cc12)c1cccc(C(F)F)c1F. The Morgan fingerprint density at radius 1 is 1.13 bits per heavy atom. The summed E-state index contributed by atoms with van der Waals surface area (Å²) < 4.78 is 46.4. The van der Waals surface area contributed by atoms with Crippen molar-refractivity contribution in [2.45, 2.75) is 38.0 Å². The number of aromatic nitrogens is 2. The van der Waals surface area contributed by atoms with E-state index in [0.29, 0.717) is 11.2 Å². The van der Waals surface area contributed by atoms with Crippen molar-refractivity contribution in [1.82, 2.24) is 10.2 Å². The van der Waals surface area contributed by atoms with Gasteiger partial charge in [0, 0.05) is 36.1 Å². The minimum atomic E-state index is -2.86. The number of ether oxygens (including phenoxy) is 1. The predicted octanol–water partition coefficient (Wildman–Crippen LogP) is 4.86. The van der Waals surface area contributed by atoms with Crippen LogP contribution in [-0.2, 0) is 4.74 Å². The molecule has 3 aliphatic heterocycles. The number of alkyl halides is 2. The van der Waals surface area contributed by atoms with Crippen molar-refractivity contribution in [2.24, 2.45) is 0 Å². The maximum Gasteiger partial charge on any atom is 0.266 e. The molecule has 3 fully saturated rings. The van der Waals surface area contributed by atoms with Gasteiger partial charge >= 0.3 is 0 Å². The third-order valence-corrected chi connectivity index (χ3v) is 5.88. The average molecular weight is 414 g/mol. The first-order valence-electron chi connectivity index (χ1n) is 9.98. The zero-order valence-electron chi connectivity index (χ0n) is 16.4. The van der Waals surface area contributed by atoms with Gasteiger partial charge in [-0.15, -0.1) is 0 Å². The molecule has 3 aliphatic rings. The van der Waals surface area contributed by atoms with Crippen molar-refractivity contribution in [3.8, 4) is 0 Å². The quantitative estimate of drug-likeness (QED) is 0.646. The first kappa shape index (κ1) is 19.1. The normalized spacial score (nSPS) is 21.6. The topological polar surface area (TPSA) is 50.3 Å². The van der Waals surface area contributed by atoms with Gasteiger partial charge in [-0.25, -0.2) is 13.2 Å². The van der Waals surface area contributed by atoms with E-state index >= 15 is 0 Å². The van der Waals surface area contributed by atoms with Crippen LogP contribution in [0.2, 0.25) is 0 Å². The van der Waals surface area contributed by atoms with Crippen molar-refractivity contribution < 1.29 is 17.9 Å². The Hall–Kier alpha value is -2.87. The van der Waals surface area contributed by atoms with E-state index in [4.69, 9.17) is 4.74 Å². The highest BCUT2D eigenvalue weighted by atomic mass is 19.3. The summed E-state index contributed by atoms with van der Waals surface area (Å²) in [6.45, 7) is 3.44. The molecular weight excluding hydrogens is 393 g/mol. The highest BCUT2D eigenvalue weighted by molar-refractivity contribution is 5.93. The van der Waals surface area contributed by atoms with Crippen LogP contribution in [0.1, 0.15) is 36.9 Å². The monoisotopic (exact) mass is 414 g/mol. The Kier molecular flexibility index (Phi) is 4.73. The molecule has 5 nitrogen and oxygen atoms in total. The molecule has 0 saturated carbocycles. The maximum absolute atomic E-state index is 14.6. The summed E-state index contributed by atoms with van der Waals surface area (Å²) in [4.78, 5) is 2.29. The van der Waals surface area contributed by atoms with Gasteiger partial charge in [0.1, 0.15) is 5.82 Å². The van der Waals surface area contributed by atoms with Crippen LogP contribution in [0.3, 0.4) is 0 Å². The first-order chi connectivity index (χ1) is 14.5. The molecule has 1 N–H and O–H groups in total. The van der Waals surface area contributed by atoms with Crippen molar-refractivity contribution in [2.75, 3.05) is 23.3 Å². The van der Waals surface area contributed by atoms with Crippen LogP contribution in [-0.4, -0.2) is 35.5 Å². The van der Waals surface area contributed by atoms with E-state index in [2.05, 4.69) is 20.4 Å². The van der Waals surface area contributed by atoms with Gasteiger partial charge in [0.05, 0.1) is 41.2 Å². The van der Waals surface area contributed by atoms with E-state index in [9.17, 15) is 13.2 Å². The van der Waals surface area contributed by atoms with Crippen molar-refractivity contribution >= 4 is 22.3 Å². The van der Waals surface area contributed by atoms with Gasteiger partial charge in [-0.05, 0) is 25.1 Å². The van der Waals surface area contributed by atoms with Crippen LogP contribution >= 0.6 is 0 Å². The molecule has 156 valence electrons. The highest BCUT2D eigenvalue weighted by Crippen LogP contribution is 2.35. The molecule has 0 aliphatic carbocycles. The molecule has 3 saturated heterocycles. The number of benzene rings is 2. The number of hydrogen-bond donors (Lipinski definition) is 1. The minimum absolute atomic E-state index is 0.183. The number of hydrogen-bond acceptors (Lipinski definition) is 5. The Morgan fingerprint density at radius 2 is 1.87 bits per heavy atom. The first-order valence-corrected chi connectivity index (χ1v) is 9.98. The van der Waals surface area contributed by atoms with E-state index < -0.39 is 23.8 Å². The van der Waals surface area contributed by atoms with Crippen LogP contribution in [0, 0.1) is 5.82 Å². The molecule has 0 amide bonds. The standard InChI is InChI=1S/C22H21F3N4O/c1-12(16-3-2-4-17(21(16)23)22(24)25)27-20-9-26-28-19-6-5-13(7-18(19)20)29-10-14-8-15(11-29)30-14/h2-7,9,12,14-15,22H,8,10-11H2,1H3,(H,27,28)/t12-,14?,15?/m1/s1. The third-order valence-electron chi connectivity index (χ3n) is 5.88. The zero-order valence-corrected chi connectivity index (χ0v) is 16.4. The number of fused-ring (bicyclic) bond motifs is 3. The Balaban J connectivity index is 1.45. The molecule has 8 heteroatoms. The summed E-state index contributed by atoms with van der Waals surface area (Å²) in [6, 6.07) is 9.50. The zero-order chi connectivity index (χ0) is 20.8. The van der Waals surface area contributed by atoms with Crippen LogP contribution in [0.5, 0.6) is 0 Å². The van der Waals surface area contributed by atoms with E-state index in [1.54, 1.807) is 13.1 Å². The lowest BCUT2D eigenvalue weighted by molar-refractivity contribution is -0.133. The van der Waals surface area contributed by atoms with Crippen molar-refractivity contribution in [1.29, 1.82) is 0 Å². The molecule has 3 aromatic rings. The molecule has 1 aromatic heterocycles. The Labute approximate surface area is 171 Å². The second-order valence-corrected chi connectivity index (χ2v) is 7.90. The molecule has 0 radical (unpaired) electrons. The number of halogens is 3. The molecular formula is C22H21F3N4O. The molecule has 3 atom stereocenters. The molecule has 2 bridgehead atoms. The van der Waals surface area contributed by atoms with E-state index in [1.807, 2.05) is 18.2 Å². The second-order valence-electron chi connectivity index (χ2n) is 7.90.